The van der Waals surface area contributed by atoms with Crippen LogP contribution in [0.4, 0.5) is 5.69 Å². The molecule has 1 aromatic heterocycles. The minimum Gasteiger partial charge on any atom is -0.369 e. The average Bonchev–Trinajstić information content (AvgIpc) is 2.70. The Morgan fingerprint density at radius 3 is 2.54 bits per heavy atom. The van der Waals surface area contributed by atoms with Crippen LogP contribution in [0.5, 0.6) is 0 Å². The first-order valence-corrected chi connectivity index (χ1v) is 10.5. The highest BCUT2D eigenvalue weighted by Gasteiger charge is 2.18. The lowest BCUT2D eigenvalue weighted by molar-refractivity contribution is -0.122. The van der Waals surface area contributed by atoms with Crippen molar-refractivity contribution in [1.29, 1.82) is 0 Å². The van der Waals surface area contributed by atoms with E-state index >= 15 is 0 Å². The maximum atomic E-state index is 12.2. The maximum Gasteiger partial charge on any atom is 0.251 e. The number of nitrogens with zero attached hydrogens (tertiary/aromatic N) is 3. The van der Waals surface area contributed by atoms with E-state index in [2.05, 4.69) is 55.3 Å². The summed E-state index contributed by atoms with van der Waals surface area (Å²) < 4.78 is 2.19. The number of piperazine rings is 1. The fourth-order valence-electron chi connectivity index (χ4n) is 3.42. The lowest BCUT2D eigenvalue weighted by atomic mass is 10.2. The molecule has 28 heavy (non-hydrogen) atoms. The molecule has 0 bridgehead atoms. The lowest BCUT2D eigenvalue weighted by Crippen LogP contribution is -2.47. The second-order valence-electron chi connectivity index (χ2n) is 7.23. The second kappa shape index (κ2) is 9.89. The van der Waals surface area contributed by atoms with Gasteiger partial charge in [-0.25, -0.2) is 0 Å². The van der Waals surface area contributed by atoms with Crippen LogP contribution in [0.25, 0.3) is 0 Å². The Morgan fingerprint density at radius 1 is 1.11 bits per heavy atom. The summed E-state index contributed by atoms with van der Waals surface area (Å²) in [7, 11) is 0. The normalized spacial score (nSPS) is 16.0. The highest BCUT2D eigenvalue weighted by Crippen LogP contribution is 2.15. The molecular formula is C21H27BrN4O2. The molecular weight excluding hydrogens is 420 g/mol. The summed E-state index contributed by atoms with van der Waals surface area (Å²) in [5.41, 5.74) is 1.10. The zero-order chi connectivity index (χ0) is 19.9. The van der Waals surface area contributed by atoms with Gasteiger partial charge in [0, 0.05) is 61.2 Å². The highest BCUT2D eigenvalue weighted by atomic mass is 79.9. The molecule has 3 rings (SSSR count). The molecule has 0 spiro atoms. The third-order valence-electron chi connectivity index (χ3n) is 5.04. The zero-order valence-electron chi connectivity index (χ0n) is 16.2. The largest absolute Gasteiger partial charge is 0.369 e. The SMILES string of the molecule is CC(CCN1CCN(c2ccccc2)CC1)NC(=O)Cn1cc(Br)ccc1=O. The molecule has 2 heterocycles. The monoisotopic (exact) mass is 446 g/mol. The predicted molar refractivity (Wildman–Crippen MR) is 116 cm³/mol. The summed E-state index contributed by atoms with van der Waals surface area (Å²) >= 11 is 3.32. The van der Waals surface area contributed by atoms with Gasteiger partial charge in [-0.2, -0.15) is 0 Å². The van der Waals surface area contributed by atoms with E-state index in [0.717, 1.165) is 43.6 Å². The van der Waals surface area contributed by atoms with E-state index in [-0.39, 0.29) is 24.1 Å². The Morgan fingerprint density at radius 2 is 1.82 bits per heavy atom. The molecule has 1 atom stereocenters. The number of carbonyl (C=O) groups is 1. The van der Waals surface area contributed by atoms with Crippen LogP contribution >= 0.6 is 15.9 Å². The molecule has 1 saturated heterocycles. The number of pyridine rings is 1. The van der Waals surface area contributed by atoms with Crippen LogP contribution in [-0.4, -0.2) is 54.1 Å². The van der Waals surface area contributed by atoms with Gasteiger partial charge in [-0.15, -0.1) is 0 Å². The molecule has 2 aromatic rings. The van der Waals surface area contributed by atoms with E-state index in [1.165, 1.54) is 16.3 Å². The Balaban J connectivity index is 1.39. The van der Waals surface area contributed by atoms with E-state index in [1.807, 2.05) is 13.0 Å². The Kier molecular flexibility index (Phi) is 7.28. The van der Waals surface area contributed by atoms with Crippen molar-refractivity contribution in [3.63, 3.8) is 0 Å². The molecule has 1 aliphatic heterocycles. The summed E-state index contributed by atoms with van der Waals surface area (Å²) in [5, 5.41) is 3.00. The molecule has 1 aromatic carbocycles. The molecule has 0 aliphatic carbocycles. The van der Waals surface area contributed by atoms with Crippen LogP contribution < -0.4 is 15.8 Å². The molecule has 1 fully saturated rings. The maximum absolute atomic E-state index is 12.2. The quantitative estimate of drug-likeness (QED) is 0.708. The van der Waals surface area contributed by atoms with Crippen molar-refractivity contribution in [1.82, 2.24) is 14.8 Å². The van der Waals surface area contributed by atoms with Gasteiger partial charge in [0.05, 0.1) is 0 Å². The van der Waals surface area contributed by atoms with Gasteiger partial charge in [0.1, 0.15) is 6.54 Å². The lowest BCUT2D eigenvalue weighted by Gasteiger charge is -2.36. The molecule has 1 unspecified atom stereocenters. The number of amides is 1. The summed E-state index contributed by atoms with van der Waals surface area (Å²) in [6, 6.07) is 13.7. The van der Waals surface area contributed by atoms with E-state index < -0.39 is 0 Å². The Labute approximate surface area is 174 Å². The van der Waals surface area contributed by atoms with Crippen LogP contribution in [0, 0.1) is 0 Å². The number of nitrogens with one attached hydrogen (secondary N) is 1. The molecule has 1 aliphatic rings. The minimum atomic E-state index is -0.178. The first kappa shape index (κ1) is 20.6. The van der Waals surface area contributed by atoms with Crippen LogP contribution in [0.2, 0.25) is 0 Å². The van der Waals surface area contributed by atoms with Gasteiger partial charge < -0.3 is 14.8 Å². The molecule has 7 heteroatoms. The van der Waals surface area contributed by atoms with Gasteiger partial charge in [0.2, 0.25) is 5.91 Å². The van der Waals surface area contributed by atoms with E-state index in [0.29, 0.717) is 0 Å². The first-order chi connectivity index (χ1) is 13.5. The number of aromatic nitrogens is 1. The Hall–Kier alpha value is -2.12. The van der Waals surface area contributed by atoms with Crippen LogP contribution in [0.15, 0.2) is 57.9 Å². The Bertz CT molecular complexity index is 832. The fourth-order valence-corrected chi connectivity index (χ4v) is 3.80. The molecule has 0 saturated carbocycles. The summed E-state index contributed by atoms with van der Waals surface area (Å²) in [4.78, 5) is 28.9. The van der Waals surface area contributed by atoms with Gasteiger partial charge in [0.15, 0.2) is 0 Å². The van der Waals surface area contributed by atoms with Crippen molar-refractivity contribution >= 4 is 27.5 Å². The number of hydrogen-bond acceptors (Lipinski definition) is 4. The second-order valence-corrected chi connectivity index (χ2v) is 8.15. The van der Waals surface area contributed by atoms with Gasteiger partial charge in [0.25, 0.3) is 5.56 Å². The fraction of sp³-hybridized carbons (Fsp3) is 0.429. The molecule has 6 nitrogen and oxygen atoms in total. The van der Waals surface area contributed by atoms with E-state index in [1.54, 1.807) is 12.3 Å². The number of hydrogen-bond donors (Lipinski definition) is 1. The smallest absolute Gasteiger partial charge is 0.251 e. The van der Waals surface area contributed by atoms with Gasteiger partial charge in [-0.05, 0) is 47.5 Å². The summed E-state index contributed by atoms with van der Waals surface area (Å²) in [5.74, 6) is -0.137. The minimum absolute atomic E-state index is 0.0400. The number of halogens is 1. The van der Waals surface area contributed by atoms with E-state index in [4.69, 9.17) is 0 Å². The third-order valence-corrected chi connectivity index (χ3v) is 5.51. The van der Waals surface area contributed by atoms with Gasteiger partial charge >= 0.3 is 0 Å². The van der Waals surface area contributed by atoms with Crippen molar-refractivity contribution in [3.05, 3.63) is 63.5 Å². The molecule has 150 valence electrons. The number of carbonyl (C=O) groups excluding carboxylic acids is 1. The van der Waals surface area contributed by atoms with Crippen molar-refractivity contribution in [2.75, 3.05) is 37.6 Å². The standard InChI is InChI=1S/C21H27BrN4O2/c1-17(23-20(27)16-26-15-18(22)7-8-21(26)28)9-10-24-11-13-25(14-12-24)19-5-3-2-4-6-19/h2-8,15,17H,9-14,16H2,1H3,(H,23,27). The van der Waals surface area contributed by atoms with Crippen LogP contribution in [0.1, 0.15) is 13.3 Å². The van der Waals surface area contributed by atoms with Crippen molar-refractivity contribution in [2.45, 2.75) is 25.9 Å². The van der Waals surface area contributed by atoms with Crippen LogP contribution in [0.3, 0.4) is 0 Å². The topological polar surface area (TPSA) is 57.6 Å². The van der Waals surface area contributed by atoms with E-state index in [9.17, 15) is 9.59 Å². The third kappa shape index (κ3) is 5.94. The number of para-hydroxylation sites is 1. The number of rotatable bonds is 7. The number of benzene rings is 1. The number of anilines is 1. The predicted octanol–water partition coefficient (Wildman–Crippen LogP) is 2.33. The summed E-state index contributed by atoms with van der Waals surface area (Å²) in [6.07, 6.45) is 2.53. The van der Waals surface area contributed by atoms with Crippen molar-refractivity contribution < 1.29 is 4.79 Å². The summed E-state index contributed by atoms with van der Waals surface area (Å²) in [6.45, 7) is 7.13. The van der Waals surface area contributed by atoms with Crippen molar-refractivity contribution in [2.24, 2.45) is 0 Å². The average molecular weight is 447 g/mol. The molecule has 1 N–H and O–H groups in total. The first-order valence-electron chi connectivity index (χ1n) is 9.69. The van der Waals surface area contributed by atoms with Gasteiger partial charge in [-0.1, -0.05) is 18.2 Å². The van der Waals surface area contributed by atoms with Crippen molar-refractivity contribution in [3.8, 4) is 0 Å². The highest BCUT2D eigenvalue weighted by molar-refractivity contribution is 9.10. The van der Waals surface area contributed by atoms with Gasteiger partial charge in [-0.3, -0.25) is 14.5 Å². The molecule has 1 amide bonds. The molecule has 0 radical (unpaired) electrons. The van der Waals surface area contributed by atoms with Crippen LogP contribution in [-0.2, 0) is 11.3 Å². The zero-order valence-corrected chi connectivity index (χ0v) is 17.8.